The molecule has 3 rings (SSSR count). The van der Waals surface area contributed by atoms with E-state index in [1.807, 2.05) is 0 Å². The van der Waals surface area contributed by atoms with Crippen LogP contribution in [-0.2, 0) is 27.2 Å². The maximum absolute atomic E-state index is 12.8. The average Bonchev–Trinajstić information content (AvgIpc) is 2.85. The van der Waals surface area contributed by atoms with Crippen LogP contribution >= 0.6 is 11.3 Å². The van der Waals surface area contributed by atoms with E-state index in [2.05, 4.69) is 11.4 Å². The summed E-state index contributed by atoms with van der Waals surface area (Å²) in [5.74, 6) is -1.53. The Hall–Kier alpha value is -2.98. The second-order valence-electron chi connectivity index (χ2n) is 6.42. The third kappa shape index (κ3) is 5.05. The van der Waals surface area contributed by atoms with Crippen molar-refractivity contribution in [1.82, 2.24) is 0 Å². The summed E-state index contributed by atoms with van der Waals surface area (Å²) in [6, 6.07) is 7.81. The monoisotopic (exact) mass is 398 g/mol. The molecule has 0 saturated heterocycles. The van der Waals surface area contributed by atoms with Crippen LogP contribution in [0.5, 0.6) is 0 Å². The molecule has 0 radical (unpaired) electrons. The van der Waals surface area contributed by atoms with Gasteiger partial charge in [0, 0.05) is 11.0 Å². The number of nitriles is 1. The first-order valence-electron chi connectivity index (χ1n) is 9.01. The van der Waals surface area contributed by atoms with E-state index in [4.69, 9.17) is 4.74 Å². The molecule has 7 heteroatoms. The molecule has 1 aliphatic rings. The molecule has 1 amide bonds. The van der Waals surface area contributed by atoms with Crippen molar-refractivity contribution in [1.29, 1.82) is 5.26 Å². The lowest BCUT2D eigenvalue weighted by atomic mass is 10.1. The van der Waals surface area contributed by atoms with E-state index in [0.717, 1.165) is 42.5 Å². The minimum Gasteiger partial charge on any atom is -0.452 e. The number of aryl methyl sites for hydroxylation is 1. The van der Waals surface area contributed by atoms with Crippen molar-refractivity contribution in [3.8, 4) is 6.07 Å². The van der Waals surface area contributed by atoms with Crippen LogP contribution < -0.4 is 5.32 Å². The van der Waals surface area contributed by atoms with Crippen molar-refractivity contribution in [2.24, 2.45) is 0 Å². The smallest absolute Gasteiger partial charge is 0.331 e. The average molecular weight is 398 g/mol. The van der Waals surface area contributed by atoms with Gasteiger partial charge in [0.15, 0.2) is 6.61 Å². The number of carbonyl (C=O) groups excluding carboxylic acids is 2. The molecule has 0 fully saturated rings. The largest absolute Gasteiger partial charge is 0.452 e. The Kier molecular flexibility index (Phi) is 6.56. The minimum atomic E-state index is -0.679. The molecule has 0 bridgehead atoms. The molecule has 5 nitrogen and oxygen atoms in total. The quantitative estimate of drug-likeness (QED) is 0.465. The number of benzene rings is 1. The van der Waals surface area contributed by atoms with Gasteiger partial charge in [-0.1, -0.05) is 18.6 Å². The van der Waals surface area contributed by atoms with Gasteiger partial charge in [-0.15, -0.1) is 11.3 Å². The second-order valence-corrected chi connectivity index (χ2v) is 7.53. The number of hydrogen-bond donors (Lipinski definition) is 1. The zero-order valence-electron chi connectivity index (χ0n) is 15.2. The van der Waals surface area contributed by atoms with E-state index < -0.39 is 18.5 Å². The molecule has 144 valence electrons. The molecule has 1 aliphatic carbocycles. The van der Waals surface area contributed by atoms with E-state index in [-0.39, 0.29) is 5.82 Å². The maximum atomic E-state index is 12.8. The van der Waals surface area contributed by atoms with Crippen molar-refractivity contribution in [3.05, 3.63) is 57.7 Å². The fraction of sp³-hybridized carbons (Fsp3) is 0.286. The van der Waals surface area contributed by atoms with Gasteiger partial charge in [0.25, 0.3) is 5.91 Å². The first-order valence-corrected chi connectivity index (χ1v) is 9.83. The Morgan fingerprint density at radius 2 is 1.96 bits per heavy atom. The van der Waals surface area contributed by atoms with Crippen molar-refractivity contribution in [2.75, 3.05) is 11.9 Å². The van der Waals surface area contributed by atoms with Crippen LogP contribution in [0.25, 0.3) is 6.08 Å². The molecule has 1 heterocycles. The van der Waals surface area contributed by atoms with Crippen molar-refractivity contribution in [3.63, 3.8) is 0 Å². The van der Waals surface area contributed by atoms with Crippen LogP contribution in [0.3, 0.4) is 0 Å². The van der Waals surface area contributed by atoms with Crippen molar-refractivity contribution < 1.29 is 18.7 Å². The van der Waals surface area contributed by atoms with Gasteiger partial charge in [-0.2, -0.15) is 5.26 Å². The summed E-state index contributed by atoms with van der Waals surface area (Å²) in [4.78, 5) is 25.0. The van der Waals surface area contributed by atoms with E-state index >= 15 is 0 Å². The number of halogens is 1. The molecule has 0 unspecified atom stereocenters. The molecule has 1 N–H and O–H groups in total. The first-order chi connectivity index (χ1) is 13.6. The lowest BCUT2D eigenvalue weighted by Gasteiger charge is -2.04. The summed E-state index contributed by atoms with van der Waals surface area (Å²) >= 11 is 1.43. The van der Waals surface area contributed by atoms with Gasteiger partial charge < -0.3 is 10.1 Å². The predicted molar refractivity (Wildman–Crippen MR) is 105 cm³/mol. The zero-order chi connectivity index (χ0) is 19.9. The minimum absolute atomic E-state index is 0.362. The number of esters is 1. The van der Waals surface area contributed by atoms with Crippen LogP contribution in [0.15, 0.2) is 30.3 Å². The number of hydrogen-bond acceptors (Lipinski definition) is 5. The molecule has 0 saturated carbocycles. The standard InChI is InChI=1S/C21H19FN2O3S/c22-15-9-6-14(7-10-15)8-11-20(26)27-13-19(25)24-21-17(12-23)16-4-2-1-3-5-18(16)28-21/h6-11H,1-5,13H2,(H,24,25). The summed E-state index contributed by atoms with van der Waals surface area (Å²) in [6.07, 6.45) is 7.71. The van der Waals surface area contributed by atoms with Gasteiger partial charge >= 0.3 is 5.97 Å². The molecule has 0 aliphatic heterocycles. The molecule has 0 spiro atoms. The number of amides is 1. The van der Waals surface area contributed by atoms with Crippen LogP contribution in [0.4, 0.5) is 9.39 Å². The molecule has 0 atom stereocenters. The van der Waals surface area contributed by atoms with Gasteiger partial charge in [-0.3, -0.25) is 4.79 Å². The van der Waals surface area contributed by atoms with E-state index in [0.29, 0.717) is 16.1 Å². The van der Waals surface area contributed by atoms with Gasteiger partial charge in [0.1, 0.15) is 16.9 Å². The van der Waals surface area contributed by atoms with Gasteiger partial charge in [-0.25, -0.2) is 9.18 Å². The van der Waals surface area contributed by atoms with Crippen LogP contribution in [0.2, 0.25) is 0 Å². The summed E-state index contributed by atoms with van der Waals surface area (Å²) < 4.78 is 17.8. The number of ether oxygens (including phenoxy) is 1. The van der Waals surface area contributed by atoms with Crippen LogP contribution in [-0.4, -0.2) is 18.5 Å². The second kappa shape index (κ2) is 9.29. The van der Waals surface area contributed by atoms with Crippen molar-refractivity contribution >= 4 is 34.3 Å². The summed E-state index contributed by atoms with van der Waals surface area (Å²) in [5.41, 5.74) is 2.21. The van der Waals surface area contributed by atoms with E-state index in [9.17, 15) is 19.2 Å². The first kappa shape index (κ1) is 19.8. The molecular weight excluding hydrogens is 379 g/mol. The van der Waals surface area contributed by atoms with Crippen molar-refractivity contribution in [2.45, 2.75) is 32.1 Å². The maximum Gasteiger partial charge on any atom is 0.331 e. The number of nitrogens with one attached hydrogen (secondary N) is 1. The number of anilines is 1. The molecule has 1 aromatic carbocycles. The zero-order valence-corrected chi connectivity index (χ0v) is 16.0. The number of nitrogens with zero attached hydrogens (tertiary/aromatic N) is 1. The third-order valence-electron chi connectivity index (χ3n) is 4.41. The Morgan fingerprint density at radius 1 is 1.21 bits per heavy atom. The highest BCUT2D eigenvalue weighted by Crippen LogP contribution is 2.36. The predicted octanol–water partition coefficient (Wildman–Crippen LogP) is 4.22. The fourth-order valence-electron chi connectivity index (χ4n) is 3.03. The summed E-state index contributed by atoms with van der Waals surface area (Å²) in [5, 5.41) is 12.7. The third-order valence-corrected chi connectivity index (χ3v) is 5.62. The number of carbonyl (C=O) groups is 2. The molecular formula is C21H19FN2O3S. The molecule has 1 aromatic heterocycles. The lowest BCUT2D eigenvalue weighted by Crippen LogP contribution is -2.20. The normalized spacial score (nSPS) is 13.4. The molecule has 2 aromatic rings. The summed E-state index contributed by atoms with van der Waals surface area (Å²) in [7, 11) is 0. The van der Waals surface area contributed by atoms with E-state index in [1.54, 1.807) is 0 Å². The Morgan fingerprint density at radius 3 is 2.71 bits per heavy atom. The Labute approximate surface area is 166 Å². The molecule has 28 heavy (non-hydrogen) atoms. The van der Waals surface area contributed by atoms with Crippen LogP contribution in [0.1, 0.15) is 40.8 Å². The summed E-state index contributed by atoms with van der Waals surface area (Å²) in [6.45, 7) is -0.444. The topological polar surface area (TPSA) is 79.2 Å². The lowest BCUT2D eigenvalue weighted by molar-refractivity contribution is -0.142. The Balaban J connectivity index is 1.55. The highest BCUT2D eigenvalue weighted by molar-refractivity contribution is 7.16. The number of thiophene rings is 1. The van der Waals surface area contributed by atoms with Crippen LogP contribution in [0, 0.1) is 17.1 Å². The highest BCUT2D eigenvalue weighted by atomic mass is 32.1. The SMILES string of the molecule is N#Cc1c(NC(=O)COC(=O)C=Cc2ccc(F)cc2)sc2c1CCCCC2. The van der Waals surface area contributed by atoms with Gasteiger partial charge in [0.2, 0.25) is 0 Å². The number of rotatable bonds is 5. The van der Waals surface area contributed by atoms with Gasteiger partial charge in [0.05, 0.1) is 5.56 Å². The fourth-order valence-corrected chi connectivity index (χ4v) is 4.29. The highest BCUT2D eigenvalue weighted by Gasteiger charge is 2.21. The number of fused-ring (bicyclic) bond motifs is 1. The Bertz CT molecular complexity index is 942. The van der Waals surface area contributed by atoms with E-state index in [1.165, 1.54) is 47.8 Å². The van der Waals surface area contributed by atoms with Gasteiger partial charge in [-0.05, 0) is 55.0 Å².